The first-order valence-corrected chi connectivity index (χ1v) is 8.42. The summed E-state index contributed by atoms with van der Waals surface area (Å²) in [4.78, 5) is 0. The monoisotopic (exact) mass is 319 g/mol. The number of hydrogen-bond donors (Lipinski definition) is 1. The highest BCUT2D eigenvalue weighted by Gasteiger charge is 2.28. The fourth-order valence-electron chi connectivity index (χ4n) is 1.60. The van der Waals surface area contributed by atoms with E-state index in [-0.39, 0.29) is 5.75 Å². The lowest BCUT2D eigenvalue weighted by molar-refractivity contribution is 0.416. The predicted molar refractivity (Wildman–Crippen MR) is 84.8 cm³/mol. The zero-order valence-corrected chi connectivity index (χ0v) is 14.2. The van der Waals surface area contributed by atoms with Gasteiger partial charge >= 0.3 is 0 Å². The van der Waals surface area contributed by atoms with Crippen molar-refractivity contribution in [2.45, 2.75) is 32.4 Å². The minimum absolute atomic E-state index is 0.0708. The Labute approximate surface area is 126 Å². The van der Waals surface area contributed by atoms with Crippen molar-refractivity contribution in [1.82, 2.24) is 0 Å². The molecule has 0 spiro atoms. The van der Waals surface area contributed by atoms with Crippen LogP contribution < -0.4 is 10.1 Å². The van der Waals surface area contributed by atoms with Gasteiger partial charge in [0.2, 0.25) is 0 Å². The van der Waals surface area contributed by atoms with Crippen LogP contribution in [0.2, 0.25) is 5.02 Å². The molecule has 0 unspecified atom stereocenters. The molecule has 0 bridgehead atoms. The molecule has 1 N–H and O–H groups in total. The molecule has 0 radical (unpaired) electrons. The SMILES string of the molecule is COc1cc(Cl)c(C)cc1NCCS(=O)(=O)C(C)(C)C. The van der Waals surface area contributed by atoms with Gasteiger partial charge in [-0.1, -0.05) is 11.6 Å². The molecule has 0 aliphatic carbocycles. The van der Waals surface area contributed by atoms with Gasteiger partial charge in [-0.15, -0.1) is 0 Å². The summed E-state index contributed by atoms with van der Waals surface area (Å²) in [6, 6.07) is 3.57. The molecule has 1 aromatic carbocycles. The maximum atomic E-state index is 12.0. The van der Waals surface area contributed by atoms with E-state index in [1.807, 2.05) is 13.0 Å². The van der Waals surface area contributed by atoms with Gasteiger partial charge in [0.25, 0.3) is 0 Å². The third-order valence-electron chi connectivity index (χ3n) is 3.10. The van der Waals surface area contributed by atoms with Gasteiger partial charge in [0.15, 0.2) is 9.84 Å². The highest BCUT2D eigenvalue weighted by atomic mass is 35.5. The fraction of sp³-hybridized carbons (Fsp3) is 0.571. The van der Waals surface area contributed by atoms with Crippen molar-refractivity contribution in [3.63, 3.8) is 0 Å². The Morgan fingerprint density at radius 3 is 2.40 bits per heavy atom. The van der Waals surface area contributed by atoms with Crippen LogP contribution in [0, 0.1) is 6.92 Å². The van der Waals surface area contributed by atoms with E-state index in [9.17, 15) is 8.42 Å². The van der Waals surface area contributed by atoms with Gasteiger partial charge in [-0.05, 0) is 39.3 Å². The predicted octanol–water partition coefficient (Wildman–Crippen LogP) is 3.28. The number of methoxy groups -OCH3 is 1. The minimum atomic E-state index is -3.14. The molecule has 0 aliphatic rings. The smallest absolute Gasteiger partial charge is 0.156 e. The lowest BCUT2D eigenvalue weighted by atomic mass is 10.2. The Bertz CT molecular complexity index is 577. The van der Waals surface area contributed by atoms with Crippen LogP contribution in [0.3, 0.4) is 0 Å². The van der Waals surface area contributed by atoms with Crippen molar-refractivity contribution in [1.29, 1.82) is 0 Å². The molecular formula is C14H22ClNO3S. The average molecular weight is 320 g/mol. The summed E-state index contributed by atoms with van der Waals surface area (Å²) in [6.45, 7) is 7.33. The van der Waals surface area contributed by atoms with Crippen LogP contribution in [0.5, 0.6) is 5.75 Å². The van der Waals surface area contributed by atoms with Gasteiger partial charge in [-0.2, -0.15) is 0 Å². The van der Waals surface area contributed by atoms with Crippen molar-refractivity contribution in [2.24, 2.45) is 0 Å². The van der Waals surface area contributed by atoms with Gasteiger partial charge in [0, 0.05) is 17.6 Å². The standard InChI is InChI=1S/C14H22ClNO3S/c1-10-8-12(13(19-5)9-11(10)15)16-6-7-20(17,18)14(2,3)4/h8-9,16H,6-7H2,1-5H3. The number of anilines is 1. The maximum absolute atomic E-state index is 12.0. The molecule has 1 aromatic rings. The van der Waals surface area contributed by atoms with Crippen LogP contribution >= 0.6 is 11.6 Å². The highest BCUT2D eigenvalue weighted by Crippen LogP contribution is 2.30. The van der Waals surface area contributed by atoms with Crippen LogP contribution in [0.15, 0.2) is 12.1 Å². The van der Waals surface area contributed by atoms with Crippen LogP contribution in [0.1, 0.15) is 26.3 Å². The number of sulfone groups is 1. The van der Waals surface area contributed by atoms with E-state index in [0.29, 0.717) is 17.3 Å². The van der Waals surface area contributed by atoms with Crippen molar-refractivity contribution in [3.8, 4) is 5.75 Å². The second kappa shape index (κ2) is 6.22. The third-order valence-corrected chi connectivity index (χ3v) is 6.11. The molecule has 0 aromatic heterocycles. The molecule has 0 atom stereocenters. The molecule has 20 heavy (non-hydrogen) atoms. The molecule has 4 nitrogen and oxygen atoms in total. The van der Waals surface area contributed by atoms with E-state index in [0.717, 1.165) is 11.3 Å². The third kappa shape index (κ3) is 4.03. The second-order valence-corrected chi connectivity index (χ2v) is 8.93. The van der Waals surface area contributed by atoms with E-state index in [4.69, 9.17) is 16.3 Å². The van der Waals surface area contributed by atoms with E-state index in [1.54, 1.807) is 33.9 Å². The summed E-state index contributed by atoms with van der Waals surface area (Å²) in [5, 5.41) is 3.72. The lowest BCUT2D eigenvalue weighted by Gasteiger charge is -2.20. The van der Waals surface area contributed by atoms with Gasteiger partial charge in [0.1, 0.15) is 5.75 Å². The van der Waals surface area contributed by atoms with E-state index < -0.39 is 14.6 Å². The van der Waals surface area contributed by atoms with Gasteiger partial charge < -0.3 is 10.1 Å². The fourth-order valence-corrected chi connectivity index (χ4v) is 2.73. The number of ether oxygens (including phenoxy) is 1. The van der Waals surface area contributed by atoms with Gasteiger partial charge in [-0.25, -0.2) is 8.42 Å². The van der Waals surface area contributed by atoms with Crippen LogP contribution in [0.25, 0.3) is 0 Å². The zero-order valence-electron chi connectivity index (χ0n) is 12.6. The van der Waals surface area contributed by atoms with Crippen LogP contribution in [-0.2, 0) is 9.84 Å². The van der Waals surface area contributed by atoms with Crippen molar-refractivity contribution in [2.75, 3.05) is 24.7 Å². The molecular weight excluding hydrogens is 298 g/mol. The van der Waals surface area contributed by atoms with Crippen LogP contribution in [0.4, 0.5) is 5.69 Å². The first-order chi connectivity index (χ1) is 9.08. The van der Waals surface area contributed by atoms with E-state index >= 15 is 0 Å². The summed E-state index contributed by atoms with van der Waals surface area (Å²) in [7, 11) is -1.58. The normalized spacial score (nSPS) is 12.3. The average Bonchev–Trinajstić information content (AvgIpc) is 2.31. The number of halogens is 1. The maximum Gasteiger partial charge on any atom is 0.156 e. The summed E-state index contributed by atoms with van der Waals surface area (Å²) in [6.07, 6.45) is 0. The summed E-state index contributed by atoms with van der Waals surface area (Å²) in [5.41, 5.74) is 1.66. The van der Waals surface area contributed by atoms with Crippen LogP contribution in [-0.4, -0.2) is 32.6 Å². The quantitative estimate of drug-likeness (QED) is 0.905. The summed E-state index contributed by atoms with van der Waals surface area (Å²) < 4.78 is 28.5. The number of aryl methyl sites for hydroxylation is 1. The second-order valence-electron chi connectivity index (χ2n) is 5.66. The van der Waals surface area contributed by atoms with Crippen molar-refractivity contribution < 1.29 is 13.2 Å². The molecule has 114 valence electrons. The largest absolute Gasteiger partial charge is 0.495 e. The Hall–Kier alpha value is -0.940. The molecule has 6 heteroatoms. The first-order valence-electron chi connectivity index (χ1n) is 6.39. The molecule has 0 heterocycles. The molecule has 0 aliphatic heterocycles. The summed E-state index contributed by atoms with van der Waals surface area (Å²) >= 11 is 6.03. The number of nitrogens with one attached hydrogen (secondary N) is 1. The molecule has 0 amide bonds. The molecule has 1 rings (SSSR count). The van der Waals surface area contributed by atoms with Crippen molar-refractivity contribution in [3.05, 3.63) is 22.7 Å². The highest BCUT2D eigenvalue weighted by molar-refractivity contribution is 7.92. The molecule has 0 saturated heterocycles. The summed E-state index contributed by atoms with van der Waals surface area (Å²) in [5.74, 6) is 0.676. The topological polar surface area (TPSA) is 55.4 Å². The van der Waals surface area contributed by atoms with Crippen molar-refractivity contribution >= 4 is 27.1 Å². The Kier molecular flexibility index (Phi) is 5.33. The van der Waals surface area contributed by atoms with Gasteiger partial charge in [-0.3, -0.25) is 0 Å². The Balaban J connectivity index is 2.79. The Morgan fingerprint density at radius 2 is 1.90 bits per heavy atom. The van der Waals surface area contributed by atoms with E-state index in [2.05, 4.69) is 5.32 Å². The van der Waals surface area contributed by atoms with Gasteiger partial charge in [0.05, 0.1) is 23.3 Å². The van der Waals surface area contributed by atoms with E-state index in [1.165, 1.54) is 0 Å². The lowest BCUT2D eigenvalue weighted by Crippen LogP contribution is -2.32. The number of benzene rings is 1. The molecule has 0 fully saturated rings. The molecule has 0 saturated carbocycles. The first kappa shape index (κ1) is 17.1. The number of rotatable bonds is 5. The number of hydrogen-bond acceptors (Lipinski definition) is 4. The Morgan fingerprint density at radius 1 is 1.30 bits per heavy atom. The minimum Gasteiger partial charge on any atom is -0.495 e. The zero-order chi connectivity index (χ0) is 15.6.